The summed E-state index contributed by atoms with van der Waals surface area (Å²) in [6.45, 7) is 0.756. The van der Waals surface area contributed by atoms with Crippen molar-refractivity contribution in [1.29, 1.82) is 0 Å². The van der Waals surface area contributed by atoms with Gasteiger partial charge in [-0.25, -0.2) is 13.6 Å². The topological polar surface area (TPSA) is 84.1 Å². The predicted octanol–water partition coefficient (Wildman–Crippen LogP) is -0.298. The Morgan fingerprint density at radius 3 is 2.45 bits per heavy atom. The van der Waals surface area contributed by atoms with Gasteiger partial charge in [-0.05, 0) is 31.4 Å². The number of nitrogens with one attached hydrogen (secondary N) is 1. The van der Waals surface area contributed by atoms with Crippen molar-refractivity contribution in [3.05, 3.63) is 31.4 Å². The Morgan fingerprint density at radius 2 is 1.86 bits per heavy atom. The summed E-state index contributed by atoms with van der Waals surface area (Å²) in [5, 5.41) is 0.302. The highest BCUT2D eigenvalue weighted by molar-refractivity contribution is 5.56. The molecule has 11 heteroatoms. The third kappa shape index (κ3) is 3.33. The number of aromatic nitrogens is 2. The molecular formula is C18H21F5N4O2. The van der Waals surface area contributed by atoms with Gasteiger partial charge in [-0.2, -0.15) is 13.2 Å². The number of rotatable bonds is 3. The Bertz CT molecular complexity index is 1060. The molecule has 2 heterocycles. The van der Waals surface area contributed by atoms with E-state index in [1.54, 1.807) is 0 Å². The fraction of sp³-hybridized carbons (Fsp3) is 0.667. The standard InChI is InChI=1S/C18H21F5N4O2/c1-7-13-9(16(28)25-17(29)27(13)8-2-3-8)4-11(19)14(7)26-5-10(12(20)6-26)15(24)18(21,22)23/h4,8,10-12,14-15H,2-3,5-6,24H2,1H3,(H,25,28,29). The van der Waals surface area contributed by atoms with E-state index in [-0.39, 0.29) is 23.2 Å². The maximum absolute atomic E-state index is 15.0. The average molecular weight is 420 g/mol. The number of alkyl halides is 5. The summed E-state index contributed by atoms with van der Waals surface area (Å²) in [7, 11) is 0. The van der Waals surface area contributed by atoms with Crippen LogP contribution in [0, 0.1) is 5.92 Å². The summed E-state index contributed by atoms with van der Waals surface area (Å²) >= 11 is 0. The van der Waals surface area contributed by atoms with E-state index in [0.29, 0.717) is 5.57 Å². The fourth-order valence-corrected chi connectivity index (χ4v) is 4.53. The van der Waals surface area contributed by atoms with Gasteiger partial charge in [0, 0.05) is 25.0 Å². The third-order valence-corrected chi connectivity index (χ3v) is 6.09. The number of aromatic amines is 1. The minimum absolute atomic E-state index is 0.0253. The summed E-state index contributed by atoms with van der Waals surface area (Å²) in [6, 6.07) is -3.54. The lowest BCUT2D eigenvalue weighted by molar-refractivity contribution is -0.161. The number of nitrogens with zero attached hydrogens (tertiary/aromatic N) is 2. The van der Waals surface area contributed by atoms with Crippen LogP contribution in [-0.2, 0) is 0 Å². The molecule has 1 aromatic heterocycles. The van der Waals surface area contributed by atoms with E-state index in [0.717, 1.165) is 18.9 Å². The molecule has 0 aromatic carbocycles. The first kappa shape index (κ1) is 20.3. The lowest BCUT2D eigenvalue weighted by Gasteiger charge is -2.33. The zero-order valence-electron chi connectivity index (χ0n) is 15.5. The predicted molar refractivity (Wildman–Crippen MR) is 95.1 cm³/mol. The number of hydrogen-bond donors (Lipinski definition) is 2. The first-order chi connectivity index (χ1) is 13.5. The van der Waals surface area contributed by atoms with Crippen molar-refractivity contribution < 1.29 is 22.0 Å². The van der Waals surface area contributed by atoms with Crippen molar-refractivity contribution >= 4 is 11.6 Å². The van der Waals surface area contributed by atoms with Gasteiger partial charge in [-0.1, -0.05) is 0 Å². The van der Waals surface area contributed by atoms with Gasteiger partial charge in [0.1, 0.15) is 18.4 Å². The minimum atomic E-state index is -4.76. The second-order valence-electron chi connectivity index (χ2n) is 8.06. The molecule has 3 N–H and O–H groups in total. The van der Waals surface area contributed by atoms with Crippen LogP contribution >= 0.6 is 0 Å². The van der Waals surface area contributed by atoms with Crippen molar-refractivity contribution in [2.24, 2.45) is 11.7 Å². The molecule has 3 aliphatic rings. The highest BCUT2D eigenvalue weighted by Crippen LogP contribution is 2.35. The third-order valence-electron chi connectivity index (χ3n) is 6.09. The number of H-pyrrole nitrogens is 1. The molecule has 1 saturated carbocycles. The molecule has 2 fully saturated rings. The summed E-state index contributed by atoms with van der Waals surface area (Å²) in [6.07, 6.45) is -5.83. The first-order valence-corrected chi connectivity index (χ1v) is 9.42. The van der Waals surface area contributed by atoms with E-state index in [9.17, 15) is 27.2 Å². The highest BCUT2D eigenvalue weighted by Gasteiger charge is 2.50. The molecule has 0 spiro atoms. The highest BCUT2D eigenvalue weighted by atomic mass is 19.4. The van der Waals surface area contributed by atoms with E-state index < -0.39 is 54.3 Å². The van der Waals surface area contributed by atoms with Crippen LogP contribution in [0.4, 0.5) is 22.0 Å². The number of hydrogen-bond acceptors (Lipinski definition) is 4. The quantitative estimate of drug-likeness (QED) is 0.658. The molecule has 0 amide bonds. The number of fused-ring (bicyclic) bond motifs is 1. The zero-order chi connectivity index (χ0) is 21.2. The monoisotopic (exact) mass is 420 g/mol. The van der Waals surface area contributed by atoms with Crippen molar-refractivity contribution in [2.45, 2.75) is 56.4 Å². The Kier molecular flexibility index (Phi) is 4.73. The SMILES string of the molecule is CC1=c2c(c(=O)[nH]c(=O)n2C2CC2)=CC(F)C1N1CC(F)C(C(N)C(F)(F)F)C1. The van der Waals surface area contributed by atoms with E-state index in [1.807, 2.05) is 0 Å². The van der Waals surface area contributed by atoms with Crippen molar-refractivity contribution in [1.82, 2.24) is 14.5 Å². The van der Waals surface area contributed by atoms with E-state index in [1.165, 1.54) is 16.4 Å². The summed E-state index contributed by atoms with van der Waals surface area (Å²) in [5.74, 6) is -1.51. The number of halogens is 5. The van der Waals surface area contributed by atoms with Crippen LogP contribution in [0.5, 0.6) is 0 Å². The molecule has 2 aliphatic carbocycles. The lowest BCUT2D eigenvalue weighted by atomic mass is 9.95. The van der Waals surface area contributed by atoms with Crippen LogP contribution in [0.1, 0.15) is 25.8 Å². The Labute approximate surface area is 161 Å². The van der Waals surface area contributed by atoms with Gasteiger partial charge in [-0.3, -0.25) is 19.2 Å². The molecule has 0 bridgehead atoms. The molecule has 5 unspecified atom stereocenters. The molecule has 29 heavy (non-hydrogen) atoms. The van der Waals surface area contributed by atoms with Gasteiger partial charge in [0.2, 0.25) is 0 Å². The van der Waals surface area contributed by atoms with Gasteiger partial charge >= 0.3 is 11.9 Å². The molecule has 6 nitrogen and oxygen atoms in total. The van der Waals surface area contributed by atoms with Gasteiger partial charge in [0.05, 0.1) is 16.6 Å². The first-order valence-electron chi connectivity index (χ1n) is 9.42. The van der Waals surface area contributed by atoms with Crippen molar-refractivity contribution in [2.75, 3.05) is 13.1 Å². The molecule has 160 valence electrons. The van der Waals surface area contributed by atoms with Crippen LogP contribution in [0.3, 0.4) is 0 Å². The van der Waals surface area contributed by atoms with Crippen LogP contribution in [0.2, 0.25) is 0 Å². The van der Waals surface area contributed by atoms with E-state index in [2.05, 4.69) is 4.98 Å². The lowest BCUT2D eigenvalue weighted by Crippen LogP contribution is -2.60. The van der Waals surface area contributed by atoms with Gasteiger partial charge in [0.25, 0.3) is 5.56 Å². The number of likely N-dealkylation sites (tertiary alicyclic amines) is 1. The van der Waals surface area contributed by atoms with E-state index in [4.69, 9.17) is 5.73 Å². The fourth-order valence-electron chi connectivity index (χ4n) is 4.53. The summed E-state index contributed by atoms with van der Waals surface area (Å²) < 4.78 is 69.7. The largest absolute Gasteiger partial charge is 0.404 e. The summed E-state index contributed by atoms with van der Waals surface area (Å²) in [4.78, 5) is 28.0. The van der Waals surface area contributed by atoms with Crippen LogP contribution in [-0.4, -0.2) is 58.1 Å². The normalized spacial score (nSPS) is 31.5. The van der Waals surface area contributed by atoms with E-state index >= 15 is 4.39 Å². The van der Waals surface area contributed by atoms with Crippen molar-refractivity contribution in [3.8, 4) is 0 Å². The second-order valence-corrected chi connectivity index (χ2v) is 8.06. The average Bonchev–Trinajstić information content (AvgIpc) is 3.37. The van der Waals surface area contributed by atoms with Crippen LogP contribution < -0.4 is 27.6 Å². The maximum atomic E-state index is 15.0. The Morgan fingerprint density at radius 1 is 1.21 bits per heavy atom. The molecule has 1 aliphatic heterocycles. The smallest absolute Gasteiger partial charge is 0.320 e. The molecule has 0 radical (unpaired) electrons. The van der Waals surface area contributed by atoms with Crippen LogP contribution in [0.25, 0.3) is 11.6 Å². The number of nitrogens with two attached hydrogens (primary N) is 1. The maximum Gasteiger partial charge on any atom is 0.404 e. The van der Waals surface area contributed by atoms with Crippen molar-refractivity contribution in [3.63, 3.8) is 0 Å². The molecular weight excluding hydrogens is 399 g/mol. The van der Waals surface area contributed by atoms with Gasteiger partial charge in [-0.15, -0.1) is 0 Å². The molecule has 5 atom stereocenters. The van der Waals surface area contributed by atoms with Crippen LogP contribution in [0.15, 0.2) is 9.59 Å². The van der Waals surface area contributed by atoms with Gasteiger partial charge in [0.15, 0.2) is 0 Å². The van der Waals surface area contributed by atoms with Gasteiger partial charge < -0.3 is 5.73 Å². The molecule has 1 saturated heterocycles. The minimum Gasteiger partial charge on any atom is -0.320 e. The molecule has 4 rings (SSSR count). The Balaban J connectivity index is 1.78. The Hall–Kier alpha value is -2.01. The molecule has 1 aromatic rings. The summed E-state index contributed by atoms with van der Waals surface area (Å²) in [5.41, 5.74) is 4.21. The second kappa shape index (κ2) is 6.76. The zero-order valence-corrected chi connectivity index (χ0v) is 15.5.